The molecule has 9 nitrogen and oxygen atoms in total. The van der Waals surface area contributed by atoms with Gasteiger partial charge in [0.15, 0.2) is 11.5 Å². The van der Waals surface area contributed by atoms with Gasteiger partial charge in [0.1, 0.15) is 11.6 Å². The van der Waals surface area contributed by atoms with E-state index in [0.29, 0.717) is 29.4 Å². The quantitative estimate of drug-likeness (QED) is 0.144. The van der Waals surface area contributed by atoms with Crippen LogP contribution in [0, 0.1) is 0 Å². The van der Waals surface area contributed by atoms with Crippen LogP contribution in [0.15, 0.2) is 113 Å². The number of anilines is 1. The predicted octanol–water partition coefficient (Wildman–Crippen LogP) is 7.40. The topological polar surface area (TPSA) is 109 Å². The Hall–Kier alpha value is -4.74. The van der Waals surface area contributed by atoms with Crippen LogP contribution < -0.4 is 10.6 Å². The number of phenolic OH excluding ortho intramolecular Hbond substituents is 1. The molecule has 0 bridgehead atoms. The average Bonchev–Trinajstić information content (AvgIpc) is 3.66. The smallest absolute Gasteiger partial charge is 0.320 e. The highest BCUT2D eigenvalue weighted by Gasteiger charge is 2.26. The molecule has 0 aliphatic heterocycles. The van der Waals surface area contributed by atoms with Crippen LogP contribution in [-0.4, -0.2) is 47.5 Å². The summed E-state index contributed by atoms with van der Waals surface area (Å²) in [6, 6.07) is 30.4. The van der Waals surface area contributed by atoms with Gasteiger partial charge in [0, 0.05) is 39.8 Å². The fourth-order valence-electron chi connectivity index (χ4n) is 4.99. The summed E-state index contributed by atoms with van der Waals surface area (Å²) in [6.07, 6.45) is 4.04. The maximum absolute atomic E-state index is 13.2. The van der Waals surface area contributed by atoms with Gasteiger partial charge in [0.25, 0.3) is 0 Å². The highest BCUT2D eigenvalue weighted by Crippen LogP contribution is 2.33. The maximum atomic E-state index is 13.2. The SMILES string of the molecule is CSCC(C)(C)c1cc(NC(=O)NCc2ccccc2Sc2ccc3nnc(-c4ccccc4O)n3c2)n(-c2ccccc2)n1. The second-order valence-electron chi connectivity index (χ2n) is 11.1. The van der Waals surface area contributed by atoms with E-state index in [1.165, 1.54) is 0 Å². The van der Waals surface area contributed by atoms with E-state index in [1.54, 1.807) is 40.3 Å². The van der Waals surface area contributed by atoms with Crippen molar-refractivity contribution in [2.24, 2.45) is 0 Å². The number of carbonyl (C=O) groups excluding carboxylic acids is 1. The molecular weight excluding hydrogens is 603 g/mol. The Morgan fingerprint density at radius 1 is 0.933 bits per heavy atom. The maximum Gasteiger partial charge on any atom is 0.320 e. The lowest BCUT2D eigenvalue weighted by Gasteiger charge is -2.20. The predicted molar refractivity (Wildman–Crippen MR) is 181 cm³/mol. The summed E-state index contributed by atoms with van der Waals surface area (Å²) in [7, 11) is 0. The van der Waals surface area contributed by atoms with Gasteiger partial charge in [0.05, 0.1) is 16.9 Å². The van der Waals surface area contributed by atoms with E-state index in [2.05, 4.69) is 40.9 Å². The van der Waals surface area contributed by atoms with Gasteiger partial charge in [-0.3, -0.25) is 9.72 Å². The van der Waals surface area contributed by atoms with Crippen molar-refractivity contribution in [1.29, 1.82) is 0 Å². The second-order valence-corrected chi connectivity index (χ2v) is 13.1. The van der Waals surface area contributed by atoms with Gasteiger partial charge in [-0.2, -0.15) is 16.9 Å². The number of para-hydroxylation sites is 2. The summed E-state index contributed by atoms with van der Waals surface area (Å²) in [5.74, 6) is 2.21. The number of aromatic hydroxyl groups is 1. The first-order chi connectivity index (χ1) is 21.8. The van der Waals surface area contributed by atoms with Crippen LogP contribution in [0.25, 0.3) is 22.7 Å². The Morgan fingerprint density at radius 2 is 1.69 bits per heavy atom. The molecule has 0 saturated heterocycles. The van der Waals surface area contributed by atoms with E-state index in [-0.39, 0.29) is 17.2 Å². The molecule has 3 aromatic heterocycles. The zero-order valence-electron chi connectivity index (χ0n) is 25.1. The number of benzene rings is 3. The molecule has 6 aromatic rings. The third kappa shape index (κ3) is 6.69. The molecule has 3 N–H and O–H groups in total. The van der Waals surface area contributed by atoms with Crippen molar-refractivity contribution in [2.75, 3.05) is 17.3 Å². The number of nitrogens with one attached hydrogen (secondary N) is 2. The van der Waals surface area contributed by atoms with Gasteiger partial charge in [0.2, 0.25) is 0 Å². The molecule has 3 aromatic carbocycles. The number of phenols is 1. The van der Waals surface area contributed by atoms with Crippen molar-refractivity contribution in [3.8, 4) is 22.8 Å². The number of thioether (sulfide) groups is 1. The summed E-state index contributed by atoms with van der Waals surface area (Å²) in [5, 5.41) is 29.9. The standard InChI is InChI=1S/C34H33N7O2S2/c1-34(2,22-44-3)29-19-31(41(39-29)24-12-5-4-6-13-24)36-33(43)35-20-23-11-7-10-16-28(23)45-25-17-18-30-37-38-32(40(30)21-25)26-14-8-9-15-27(26)42/h4-19,21,42H,20,22H2,1-3H3,(H2,35,36,43). The molecular formula is C34H33N7O2S2. The van der Waals surface area contributed by atoms with Crippen molar-refractivity contribution in [3.05, 3.63) is 115 Å². The molecule has 0 saturated carbocycles. The van der Waals surface area contributed by atoms with Gasteiger partial charge in [-0.1, -0.05) is 74.1 Å². The van der Waals surface area contributed by atoms with Crippen LogP contribution in [0.1, 0.15) is 25.1 Å². The van der Waals surface area contributed by atoms with Crippen molar-refractivity contribution < 1.29 is 9.90 Å². The van der Waals surface area contributed by atoms with Gasteiger partial charge in [-0.15, -0.1) is 10.2 Å². The Balaban J connectivity index is 1.19. The van der Waals surface area contributed by atoms with E-state index in [0.717, 1.165) is 32.5 Å². The van der Waals surface area contributed by atoms with Crippen LogP contribution in [0.3, 0.4) is 0 Å². The van der Waals surface area contributed by atoms with E-state index < -0.39 is 0 Å². The molecule has 228 valence electrons. The molecule has 0 aliphatic carbocycles. The minimum atomic E-state index is -0.320. The number of amides is 2. The van der Waals surface area contributed by atoms with Crippen molar-refractivity contribution in [2.45, 2.75) is 35.6 Å². The molecule has 0 atom stereocenters. The normalized spacial score (nSPS) is 11.5. The van der Waals surface area contributed by atoms with Crippen molar-refractivity contribution in [3.63, 3.8) is 0 Å². The molecule has 0 fully saturated rings. The molecule has 0 spiro atoms. The molecule has 11 heteroatoms. The fourth-order valence-corrected chi connectivity index (χ4v) is 6.83. The number of urea groups is 1. The minimum Gasteiger partial charge on any atom is -0.507 e. The minimum absolute atomic E-state index is 0.145. The third-order valence-corrected chi connectivity index (χ3v) is 9.42. The Kier molecular flexibility index (Phi) is 8.81. The summed E-state index contributed by atoms with van der Waals surface area (Å²) in [6.45, 7) is 4.65. The lowest BCUT2D eigenvalue weighted by atomic mass is 9.92. The third-order valence-electron chi connectivity index (χ3n) is 7.31. The molecule has 3 heterocycles. The first kappa shape index (κ1) is 30.3. The van der Waals surface area contributed by atoms with E-state index in [1.807, 2.05) is 95.5 Å². The molecule has 2 amide bonds. The number of carbonyl (C=O) groups is 1. The van der Waals surface area contributed by atoms with Crippen LogP contribution in [0.5, 0.6) is 5.75 Å². The molecule has 6 rings (SSSR count). The number of hydrogen-bond donors (Lipinski definition) is 3. The van der Waals surface area contributed by atoms with Gasteiger partial charge >= 0.3 is 6.03 Å². The highest BCUT2D eigenvalue weighted by atomic mass is 32.2. The van der Waals surface area contributed by atoms with Gasteiger partial charge in [-0.05, 0) is 54.3 Å². The summed E-state index contributed by atoms with van der Waals surface area (Å²) >= 11 is 3.35. The van der Waals surface area contributed by atoms with Gasteiger partial charge < -0.3 is 10.4 Å². The Morgan fingerprint density at radius 3 is 2.49 bits per heavy atom. The van der Waals surface area contributed by atoms with E-state index in [4.69, 9.17) is 5.10 Å². The number of nitrogens with zero attached hydrogens (tertiary/aromatic N) is 5. The van der Waals surface area contributed by atoms with Crippen LogP contribution in [0.2, 0.25) is 0 Å². The molecule has 45 heavy (non-hydrogen) atoms. The molecule has 0 unspecified atom stereocenters. The number of fused-ring (bicyclic) bond motifs is 1. The second kappa shape index (κ2) is 13.1. The number of rotatable bonds is 10. The zero-order chi connectivity index (χ0) is 31.4. The average molecular weight is 636 g/mol. The highest BCUT2D eigenvalue weighted by molar-refractivity contribution is 7.99. The lowest BCUT2D eigenvalue weighted by Crippen LogP contribution is -2.29. The molecule has 0 aliphatic rings. The zero-order valence-corrected chi connectivity index (χ0v) is 26.8. The first-order valence-electron chi connectivity index (χ1n) is 14.4. The monoisotopic (exact) mass is 635 g/mol. The fraction of sp³-hybridized carbons (Fsp3) is 0.176. The molecule has 0 radical (unpaired) electrons. The van der Waals surface area contributed by atoms with Gasteiger partial charge in [-0.25, -0.2) is 9.48 Å². The Bertz CT molecular complexity index is 1950. The van der Waals surface area contributed by atoms with Crippen LogP contribution in [0.4, 0.5) is 10.6 Å². The Labute approximate surface area is 270 Å². The van der Waals surface area contributed by atoms with E-state index in [9.17, 15) is 9.90 Å². The van der Waals surface area contributed by atoms with Crippen LogP contribution >= 0.6 is 23.5 Å². The number of hydrogen-bond acceptors (Lipinski definition) is 7. The summed E-state index contributed by atoms with van der Waals surface area (Å²) in [4.78, 5) is 15.2. The number of pyridine rings is 1. The van der Waals surface area contributed by atoms with E-state index >= 15 is 0 Å². The van der Waals surface area contributed by atoms with Crippen molar-refractivity contribution in [1.82, 2.24) is 29.7 Å². The first-order valence-corrected chi connectivity index (χ1v) is 16.6. The number of aromatic nitrogens is 5. The summed E-state index contributed by atoms with van der Waals surface area (Å²) in [5.41, 5.74) is 3.88. The largest absolute Gasteiger partial charge is 0.507 e. The van der Waals surface area contributed by atoms with Crippen molar-refractivity contribution >= 4 is 41.0 Å². The lowest BCUT2D eigenvalue weighted by molar-refractivity contribution is 0.251. The summed E-state index contributed by atoms with van der Waals surface area (Å²) < 4.78 is 3.65. The van der Waals surface area contributed by atoms with Crippen LogP contribution in [-0.2, 0) is 12.0 Å².